The van der Waals surface area contributed by atoms with Crippen LogP contribution in [0, 0.1) is 17.2 Å². The largest absolute Gasteiger partial charge is 0.324 e. The molecule has 1 aromatic carbocycles. The maximum atomic E-state index is 11.8. The van der Waals surface area contributed by atoms with E-state index in [0.717, 1.165) is 0 Å². The highest BCUT2D eigenvalue weighted by Crippen LogP contribution is 2.25. The lowest BCUT2D eigenvalue weighted by molar-refractivity contribution is -0.126. The van der Waals surface area contributed by atoms with E-state index in [1.165, 1.54) is 25.1 Å². The van der Waals surface area contributed by atoms with E-state index in [1.807, 2.05) is 0 Å². The van der Waals surface area contributed by atoms with Crippen molar-refractivity contribution in [1.82, 2.24) is 0 Å². The second-order valence-electron chi connectivity index (χ2n) is 3.82. The fourth-order valence-corrected chi connectivity index (χ4v) is 1.57. The summed E-state index contributed by atoms with van der Waals surface area (Å²) >= 11 is 11.5. The maximum Gasteiger partial charge on any atom is 0.249 e. The zero-order chi connectivity index (χ0) is 14.6. The fraction of sp³-hybridized carbons (Fsp3) is 0.154. The summed E-state index contributed by atoms with van der Waals surface area (Å²) in [6, 6.07) is 6.10. The lowest BCUT2D eigenvalue weighted by Gasteiger charge is -2.10. The molecule has 98 valence electrons. The minimum absolute atomic E-state index is 0.149. The Kier molecular flexibility index (Phi) is 5.11. The number of rotatable bonds is 4. The molecule has 19 heavy (non-hydrogen) atoms. The normalized spacial score (nSPS) is 11.3. The predicted octanol–water partition coefficient (Wildman–Crippen LogP) is 3.22. The van der Waals surface area contributed by atoms with E-state index in [4.69, 9.17) is 28.5 Å². The molecule has 0 fully saturated rings. The van der Waals surface area contributed by atoms with Crippen molar-refractivity contribution in [3.63, 3.8) is 0 Å². The van der Waals surface area contributed by atoms with Gasteiger partial charge >= 0.3 is 0 Å². The van der Waals surface area contributed by atoms with Crippen LogP contribution in [0.3, 0.4) is 0 Å². The summed E-state index contributed by atoms with van der Waals surface area (Å²) in [6.07, 6.45) is 0. The minimum atomic E-state index is -1.42. The SMILES string of the molecule is C=C(C)C(=O)C(C#N)C(=O)Nc1ccc(Cl)c(Cl)c1. The predicted molar refractivity (Wildman–Crippen MR) is 74.0 cm³/mol. The van der Waals surface area contributed by atoms with Crippen molar-refractivity contribution in [2.24, 2.45) is 5.92 Å². The number of carbonyl (C=O) groups excluding carboxylic acids is 2. The van der Waals surface area contributed by atoms with Gasteiger partial charge in [-0.25, -0.2) is 0 Å². The third-order valence-corrected chi connectivity index (χ3v) is 3.00. The molecular formula is C13H10Cl2N2O2. The third-order valence-electron chi connectivity index (χ3n) is 2.26. The molecule has 0 heterocycles. The van der Waals surface area contributed by atoms with Crippen LogP contribution in [-0.2, 0) is 9.59 Å². The fourth-order valence-electron chi connectivity index (χ4n) is 1.27. The van der Waals surface area contributed by atoms with Crippen LogP contribution in [0.5, 0.6) is 0 Å². The second kappa shape index (κ2) is 6.37. The van der Waals surface area contributed by atoms with Crippen LogP contribution in [0.4, 0.5) is 5.69 Å². The summed E-state index contributed by atoms with van der Waals surface area (Å²) in [6.45, 7) is 4.86. The summed E-state index contributed by atoms with van der Waals surface area (Å²) < 4.78 is 0. The number of amides is 1. The first-order valence-corrected chi connectivity index (χ1v) is 5.97. The van der Waals surface area contributed by atoms with Crippen LogP contribution < -0.4 is 5.32 Å². The lowest BCUT2D eigenvalue weighted by Crippen LogP contribution is -2.28. The van der Waals surface area contributed by atoms with Crippen molar-refractivity contribution < 1.29 is 9.59 Å². The number of hydrogen-bond acceptors (Lipinski definition) is 3. The zero-order valence-corrected chi connectivity index (χ0v) is 11.5. The van der Waals surface area contributed by atoms with Crippen molar-refractivity contribution in [3.8, 4) is 6.07 Å². The lowest BCUT2D eigenvalue weighted by atomic mass is 10.00. The standard InChI is InChI=1S/C13H10Cl2N2O2/c1-7(2)12(18)9(6-16)13(19)17-8-3-4-10(14)11(15)5-8/h3-5,9H,1H2,2H3,(H,17,19). The zero-order valence-electron chi connectivity index (χ0n) is 10.0. The quantitative estimate of drug-likeness (QED) is 0.685. The van der Waals surface area contributed by atoms with E-state index < -0.39 is 17.6 Å². The topological polar surface area (TPSA) is 70.0 Å². The summed E-state index contributed by atoms with van der Waals surface area (Å²) in [5.74, 6) is -2.76. The number of ketones is 1. The number of benzene rings is 1. The van der Waals surface area contributed by atoms with Gasteiger partial charge in [-0.3, -0.25) is 9.59 Å². The minimum Gasteiger partial charge on any atom is -0.324 e. The number of halogens is 2. The maximum absolute atomic E-state index is 11.8. The average molecular weight is 297 g/mol. The first kappa shape index (κ1) is 15.2. The molecule has 4 nitrogen and oxygen atoms in total. The molecule has 0 spiro atoms. The van der Waals surface area contributed by atoms with Crippen molar-refractivity contribution >= 4 is 40.6 Å². The van der Waals surface area contributed by atoms with E-state index in [9.17, 15) is 9.59 Å². The summed E-state index contributed by atoms with van der Waals surface area (Å²) in [5, 5.41) is 11.9. The Balaban J connectivity index is 2.89. The van der Waals surface area contributed by atoms with Gasteiger partial charge < -0.3 is 5.32 Å². The molecule has 1 rings (SSSR count). The molecule has 0 aliphatic heterocycles. The number of nitrogens with one attached hydrogen (secondary N) is 1. The molecule has 6 heteroatoms. The summed E-state index contributed by atoms with van der Waals surface area (Å²) in [7, 11) is 0. The molecule has 0 saturated carbocycles. The van der Waals surface area contributed by atoms with Crippen LogP contribution in [-0.4, -0.2) is 11.7 Å². The van der Waals surface area contributed by atoms with E-state index in [2.05, 4.69) is 11.9 Å². The van der Waals surface area contributed by atoms with E-state index in [1.54, 1.807) is 6.07 Å². The van der Waals surface area contributed by atoms with Gasteiger partial charge in [0.15, 0.2) is 11.7 Å². The summed E-state index contributed by atoms with van der Waals surface area (Å²) in [5.41, 5.74) is 0.505. The number of carbonyl (C=O) groups is 2. The Morgan fingerprint density at radius 1 is 1.37 bits per heavy atom. The Bertz CT molecular complexity index is 591. The summed E-state index contributed by atoms with van der Waals surface area (Å²) in [4.78, 5) is 23.4. The van der Waals surface area contributed by atoms with Gasteiger partial charge in [0.1, 0.15) is 0 Å². The van der Waals surface area contributed by atoms with Gasteiger partial charge in [-0.1, -0.05) is 29.8 Å². The highest BCUT2D eigenvalue weighted by atomic mass is 35.5. The van der Waals surface area contributed by atoms with Crippen LogP contribution in [0.1, 0.15) is 6.92 Å². The Morgan fingerprint density at radius 2 is 2.00 bits per heavy atom. The molecule has 0 bridgehead atoms. The monoisotopic (exact) mass is 296 g/mol. The van der Waals surface area contributed by atoms with Gasteiger partial charge in [0.25, 0.3) is 0 Å². The van der Waals surface area contributed by atoms with Crippen LogP contribution in [0.25, 0.3) is 0 Å². The smallest absolute Gasteiger partial charge is 0.249 e. The first-order chi connectivity index (χ1) is 8.86. The molecule has 1 N–H and O–H groups in total. The van der Waals surface area contributed by atoms with Gasteiger partial charge in [0, 0.05) is 5.69 Å². The van der Waals surface area contributed by atoms with Crippen molar-refractivity contribution in [2.45, 2.75) is 6.92 Å². The van der Waals surface area contributed by atoms with Crippen molar-refractivity contribution in [1.29, 1.82) is 5.26 Å². The van der Waals surface area contributed by atoms with Gasteiger partial charge in [-0.2, -0.15) is 5.26 Å². The third kappa shape index (κ3) is 3.82. The second-order valence-corrected chi connectivity index (χ2v) is 4.64. The number of anilines is 1. The van der Waals surface area contributed by atoms with Crippen LogP contribution in [0.15, 0.2) is 30.4 Å². The molecule has 1 unspecified atom stereocenters. The number of Topliss-reactive ketones (excluding diaryl/α,β-unsaturated/α-hetero) is 1. The van der Waals surface area contributed by atoms with Gasteiger partial charge in [-0.05, 0) is 30.7 Å². The molecule has 0 saturated heterocycles. The van der Waals surface area contributed by atoms with Gasteiger partial charge in [-0.15, -0.1) is 0 Å². The highest BCUT2D eigenvalue weighted by molar-refractivity contribution is 6.42. The van der Waals surface area contributed by atoms with Crippen molar-refractivity contribution in [3.05, 3.63) is 40.4 Å². The van der Waals surface area contributed by atoms with Crippen LogP contribution >= 0.6 is 23.2 Å². The Labute approximate surface area is 120 Å². The molecular weight excluding hydrogens is 287 g/mol. The molecule has 0 aliphatic rings. The van der Waals surface area contributed by atoms with E-state index >= 15 is 0 Å². The molecule has 1 atom stereocenters. The molecule has 0 aliphatic carbocycles. The number of hydrogen-bond donors (Lipinski definition) is 1. The molecule has 1 aromatic rings. The van der Waals surface area contributed by atoms with E-state index in [-0.39, 0.29) is 10.6 Å². The number of allylic oxidation sites excluding steroid dienone is 1. The molecule has 0 aromatic heterocycles. The molecule has 1 amide bonds. The Hall–Kier alpha value is -1.83. The van der Waals surface area contributed by atoms with Crippen LogP contribution in [0.2, 0.25) is 10.0 Å². The van der Waals surface area contributed by atoms with Gasteiger partial charge in [0.05, 0.1) is 16.1 Å². The van der Waals surface area contributed by atoms with Gasteiger partial charge in [0.2, 0.25) is 5.91 Å². The molecule has 0 radical (unpaired) electrons. The number of nitrogens with zero attached hydrogens (tertiary/aromatic N) is 1. The van der Waals surface area contributed by atoms with Crippen molar-refractivity contribution in [2.75, 3.05) is 5.32 Å². The first-order valence-electron chi connectivity index (χ1n) is 5.22. The Morgan fingerprint density at radius 3 is 2.47 bits per heavy atom. The van der Waals surface area contributed by atoms with E-state index in [0.29, 0.717) is 10.7 Å². The number of nitriles is 1. The highest BCUT2D eigenvalue weighted by Gasteiger charge is 2.26. The average Bonchev–Trinajstić information content (AvgIpc) is 2.34.